The molecule has 0 spiro atoms. The SMILES string of the molecule is Cc1ccc(C(=O)N[C@@]2(C(F)(F)F)C(=O)N(c3ccc(C)cc3)C3=C2C(=O)CC(C)(C)C3)cc1. The van der Waals surface area contributed by atoms with Crippen LogP contribution < -0.4 is 10.2 Å². The highest BCUT2D eigenvalue weighted by molar-refractivity contribution is 6.21. The van der Waals surface area contributed by atoms with Gasteiger partial charge in [0, 0.05) is 23.4 Å². The molecule has 1 atom stereocenters. The number of carbonyl (C=O) groups is 3. The summed E-state index contributed by atoms with van der Waals surface area (Å²) in [5.41, 5.74) is -2.98. The number of benzene rings is 2. The molecule has 1 N–H and O–H groups in total. The monoisotopic (exact) mass is 470 g/mol. The summed E-state index contributed by atoms with van der Waals surface area (Å²) in [5, 5.41) is 1.95. The number of alkyl halides is 3. The number of carbonyl (C=O) groups excluding carboxylic acids is 3. The molecule has 1 heterocycles. The van der Waals surface area contributed by atoms with Crippen LogP contribution in [0.25, 0.3) is 0 Å². The Morgan fingerprint density at radius 1 is 0.912 bits per heavy atom. The Hall–Kier alpha value is -3.42. The summed E-state index contributed by atoms with van der Waals surface area (Å²) in [4.78, 5) is 40.9. The maximum absolute atomic E-state index is 14.8. The highest BCUT2D eigenvalue weighted by Crippen LogP contribution is 2.52. The van der Waals surface area contributed by atoms with Gasteiger partial charge in [-0.15, -0.1) is 0 Å². The van der Waals surface area contributed by atoms with E-state index in [-0.39, 0.29) is 29.8 Å². The molecule has 0 bridgehead atoms. The minimum Gasteiger partial charge on any atom is -0.326 e. The van der Waals surface area contributed by atoms with Crippen molar-refractivity contribution in [1.29, 1.82) is 0 Å². The predicted octanol–water partition coefficient (Wildman–Crippen LogP) is 5.02. The predicted molar refractivity (Wildman–Crippen MR) is 121 cm³/mol. The number of amides is 2. The lowest BCUT2D eigenvalue weighted by molar-refractivity contribution is -0.186. The van der Waals surface area contributed by atoms with Gasteiger partial charge in [0.1, 0.15) is 0 Å². The number of nitrogens with one attached hydrogen (secondary N) is 1. The minimum absolute atomic E-state index is 0.0170. The van der Waals surface area contributed by atoms with E-state index in [2.05, 4.69) is 0 Å². The largest absolute Gasteiger partial charge is 0.425 e. The van der Waals surface area contributed by atoms with Crippen molar-refractivity contribution in [3.05, 3.63) is 76.5 Å². The first kappa shape index (κ1) is 23.7. The third-order valence-corrected chi connectivity index (χ3v) is 6.35. The molecule has 34 heavy (non-hydrogen) atoms. The second kappa shape index (κ2) is 7.82. The Balaban J connectivity index is 1.93. The molecule has 2 amide bonds. The summed E-state index contributed by atoms with van der Waals surface area (Å²) in [5.74, 6) is -3.28. The van der Waals surface area contributed by atoms with Gasteiger partial charge >= 0.3 is 6.18 Å². The number of anilines is 1. The Morgan fingerprint density at radius 2 is 1.44 bits per heavy atom. The number of nitrogens with zero attached hydrogens (tertiary/aromatic N) is 1. The van der Waals surface area contributed by atoms with Gasteiger partial charge in [-0.3, -0.25) is 19.3 Å². The molecule has 5 nitrogen and oxygen atoms in total. The van der Waals surface area contributed by atoms with Crippen molar-refractivity contribution in [3.63, 3.8) is 0 Å². The van der Waals surface area contributed by atoms with Crippen molar-refractivity contribution < 1.29 is 27.6 Å². The van der Waals surface area contributed by atoms with Crippen LogP contribution in [0.3, 0.4) is 0 Å². The molecule has 0 fully saturated rings. The Labute approximate surface area is 195 Å². The smallest absolute Gasteiger partial charge is 0.326 e. The van der Waals surface area contributed by atoms with Gasteiger partial charge in [0.2, 0.25) is 5.54 Å². The van der Waals surface area contributed by atoms with Gasteiger partial charge in [0.15, 0.2) is 5.78 Å². The van der Waals surface area contributed by atoms with E-state index in [1.807, 2.05) is 12.2 Å². The van der Waals surface area contributed by atoms with Crippen molar-refractivity contribution in [3.8, 4) is 0 Å². The van der Waals surface area contributed by atoms with Gasteiger partial charge in [0.25, 0.3) is 11.8 Å². The van der Waals surface area contributed by atoms with Gasteiger partial charge in [0.05, 0.1) is 5.57 Å². The lowest BCUT2D eigenvalue weighted by atomic mass is 9.72. The fourth-order valence-corrected chi connectivity index (χ4v) is 4.67. The van der Waals surface area contributed by atoms with E-state index < -0.39 is 40.3 Å². The van der Waals surface area contributed by atoms with Crippen molar-refractivity contribution in [2.75, 3.05) is 4.90 Å². The molecule has 2 aliphatic rings. The number of rotatable bonds is 3. The van der Waals surface area contributed by atoms with Crippen molar-refractivity contribution >= 4 is 23.3 Å². The number of halogens is 3. The van der Waals surface area contributed by atoms with Crippen molar-refractivity contribution in [2.45, 2.75) is 52.3 Å². The van der Waals surface area contributed by atoms with E-state index in [9.17, 15) is 27.6 Å². The third-order valence-electron chi connectivity index (χ3n) is 6.35. The lowest BCUT2D eigenvalue weighted by Crippen LogP contribution is -2.66. The van der Waals surface area contributed by atoms with E-state index >= 15 is 0 Å². The topological polar surface area (TPSA) is 66.5 Å². The molecule has 4 rings (SSSR count). The molecule has 2 aromatic rings. The summed E-state index contributed by atoms with van der Waals surface area (Å²) in [6.07, 6.45) is -5.34. The van der Waals surface area contributed by atoms with Crippen LogP contribution in [0.5, 0.6) is 0 Å². The minimum atomic E-state index is -5.25. The third kappa shape index (κ3) is 3.71. The molecular weight excluding hydrogens is 445 g/mol. The molecule has 0 saturated carbocycles. The summed E-state index contributed by atoms with van der Waals surface area (Å²) >= 11 is 0. The van der Waals surface area contributed by atoms with Crippen molar-refractivity contribution in [1.82, 2.24) is 5.32 Å². The zero-order chi connectivity index (χ0) is 25.1. The van der Waals surface area contributed by atoms with E-state index in [0.29, 0.717) is 0 Å². The number of allylic oxidation sites excluding steroid dienone is 1. The number of hydrogen-bond donors (Lipinski definition) is 1. The average molecular weight is 470 g/mol. The molecule has 0 saturated heterocycles. The van der Waals surface area contributed by atoms with Crippen molar-refractivity contribution in [2.24, 2.45) is 5.41 Å². The molecule has 0 radical (unpaired) electrons. The zero-order valence-corrected chi connectivity index (χ0v) is 19.3. The van der Waals surface area contributed by atoms with Crippen LogP contribution in [0.2, 0.25) is 0 Å². The zero-order valence-electron chi connectivity index (χ0n) is 19.3. The number of Topliss-reactive ketones (excluding diaryl/α,β-unsaturated/α-hetero) is 1. The maximum atomic E-state index is 14.8. The van der Waals surface area contributed by atoms with Gasteiger partial charge in [-0.2, -0.15) is 13.2 Å². The molecule has 1 aliphatic carbocycles. The van der Waals surface area contributed by atoms with E-state index in [4.69, 9.17) is 0 Å². The summed E-state index contributed by atoms with van der Waals surface area (Å²) < 4.78 is 44.5. The lowest BCUT2D eigenvalue weighted by Gasteiger charge is -2.35. The Morgan fingerprint density at radius 3 is 1.97 bits per heavy atom. The first-order valence-corrected chi connectivity index (χ1v) is 10.9. The van der Waals surface area contributed by atoms with Gasteiger partial charge < -0.3 is 5.32 Å². The van der Waals surface area contributed by atoms with Crippen LogP contribution in [-0.2, 0) is 9.59 Å². The molecule has 178 valence electrons. The highest BCUT2D eigenvalue weighted by atomic mass is 19.4. The van der Waals surface area contributed by atoms with Gasteiger partial charge in [-0.25, -0.2) is 0 Å². The van der Waals surface area contributed by atoms with Gasteiger partial charge in [-0.05, 0) is 49.9 Å². The fraction of sp³-hybridized carbons (Fsp3) is 0.346. The number of ketones is 1. The normalized spacial score (nSPS) is 22.1. The second-order valence-electron chi connectivity index (χ2n) is 9.81. The quantitative estimate of drug-likeness (QED) is 0.685. The average Bonchev–Trinajstić information content (AvgIpc) is 2.97. The maximum Gasteiger partial charge on any atom is 0.425 e. The second-order valence-corrected chi connectivity index (χ2v) is 9.81. The van der Waals surface area contributed by atoms with Crippen LogP contribution in [0.15, 0.2) is 59.8 Å². The molecular formula is C26H25F3N2O3. The van der Waals surface area contributed by atoms with Crippen LogP contribution in [0, 0.1) is 19.3 Å². The van der Waals surface area contributed by atoms with E-state index in [0.717, 1.165) is 16.0 Å². The number of hydrogen-bond acceptors (Lipinski definition) is 3. The number of aryl methyl sites for hydroxylation is 2. The summed E-state index contributed by atoms with van der Waals surface area (Å²) in [7, 11) is 0. The highest BCUT2D eigenvalue weighted by Gasteiger charge is 2.72. The van der Waals surface area contributed by atoms with Crippen LogP contribution in [0.4, 0.5) is 18.9 Å². The molecule has 0 unspecified atom stereocenters. The Bertz CT molecular complexity index is 1210. The van der Waals surface area contributed by atoms with Crippen LogP contribution in [0.1, 0.15) is 48.2 Å². The fourth-order valence-electron chi connectivity index (χ4n) is 4.67. The molecule has 8 heteroatoms. The summed E-state index contributed by atoms with van der Waals surface area (Å²) in [6.45, 7) is 7.13. The van der Waals surface area contributed by atoms with Crippen LogP contribution in [-0.4, -0.2) is 29.3 Å². The van der Waals surface area contributed by atoms with E-state index in [1.54, 1.807) is 45.0 Å². The first-order valence-electron chi connectivity index (χ1n) is 10.9. The molecule has 1 aliphatic heterocycles. The first-order chi connectivity index (χ1) is 15.8. The molecule has 0 aromatic heterocycles. The van der Waals surface area contributed by atoms with Crippen LogP contribution >= 0.6 is 0 Å². The standard InChI is InChI=1S/C26H25F3N2O3/c1-15-5-9-17(10-6-15)22(33)30-25(26(27,28)29)21-19(13-24(3,4)14-20(21)32)31(23(25)34)18-11-7-16(2)8-12-18/h5-12H,13-14H2,1-4H3,(H,30,33)/t25-/m1/s1. The Kier molecular flexibility index (Phi) is 5.46. The van der Waals surface area contributed by atoms with E-state index in [1.165, 1.54) is 24.3 Å². The van der Waals surface area contributed by atoms with Gasteiger partial charge in [-0.1, -0.05) is 49.2 Å². The molecule has 2 aromatic carbocycles. The summed E-state index contributed by atoms with van der Waals surface area (Å²) in [6, 6.07) is 12.4.